The Morgan fingerprint density at radius 2 is 1.79 bits per heavy atom. The molecule has 0 unspecified atom stereocenters. The number of thioether (sulfide) groups is 1. The maximum Gasteiger partial charge on any atom is 0.225 e. The Labute approximate surface area is 177 Å². The first-order chi connectivity index (χ1) is 13.5. The molecule has 28 heavy (non-hydrogen) atoms. The van der Waals surface area contributed by atoms with E-state index in [0.29, 0.717) is 32.1 Å². The number of anilines is 1. The number of nitriles is 1. The number of carbonyl (C=O) groups excluding carboxylic acids is 1. The van der Waals surface area contributed by atoms with Gasteiger partial charge in [-0.1, -0.05) is 53.5 Å². The number of benzene rings is 2. The van der Waals surface area contributed by atoms with E-state index >= 15 is 0 Å². The third-order valence-electron chi connectivity index (χ3n) is 3.76. The van der Waals surface area contributed by atoms with Crippen LogP contribution in [0.4, 0.5) is 5.69 Å². The van der Waals surface area contributed by atoms with Gasteiger partial charge < -0.3 is 5.32 Å². The highest BCUT2D eigenvalue weighted by Gasteiger charge is 2.10. The van der Waals surface area contributed by atoms with E-state index in [1.807, 2.05) is 36.4 Å². The Morgan fingerprint density at radius 1 is 1.07 bits per heavy atom. The summed E-state index contributed by atoms with van der Waals surface area (Å²) < 4.78 is 0. The van der Waals surface area contributed by atoms with Gasteiger partial charge in [0.05, 0.1) is 11.3 Å². The molecule has 1 amide bonds. The number of pyridine rings is 1. The van der Waals surface area contributed by atoms with Crippen molar-refractivity contribution in [1.29, 1.82) is 5.26 Å². The van der Waals surface area contributed by atoms with Crippen LogP contribution in [0, 0.1) is 11.3 Å². The van der Waals surface area contributed by atoms with Gasteiger partial charge in [0.25, 0.3) is 0 Å². The third kappa shape index (κ3) is 5.49. The molecule has 0 atom stereocenters. The molecule has 0 aliphatic carbocycles. The highest BCUT2D eigenvalue weighted by molar-refractivity contribution is 7.99. The highest BCUT2D eigenvalue weighted by Crippen LogP contribution is 2.26. The number of halogens is 2. The van der Waals surface area contributed by atoms with Gasteiger partial charge in [0.1, 0.15) is 11.1 Å². The van der Waals surface area contributed by atoms with Crippen LogP contribution >= 0.6 is 35.0 Å². The van der Waals surface area contributed by atoms with E-state index in [0.717, 1.165) is 11.3 Å². The normalized spacial score (nSPS) is 10.3. The lowest BCUT2D eigenvalue weighted by Crippen LogP contribution is -2.12. The van der Waals surface area contributed by atoms with Crippen LogP contribution in [0.1, 0.15) is 12.0 Å². The Bertz CT molecular complexity index is 1020. The van der Waals surface area contributed by atoms with Crippen LogP contribution in [-0.4, -0.2) is 16.6 Å². The number of nitrogens with one attached hydrogen (secondary N) is 1. The molecular weight excluding hydrogens is 413 g/mol. The second kappa shape index (κ2) is 9.61. The van der Waals surface area contributed by atoms with Crippen LogP contribution in [-0.2, 0) is 4.79 Å². The lowest BCUT2D eigenvalue weighted by Gasteiger charge is -2.08. The fourth-order valence-corrected chi connectivity index (χ4v) is 3.93. The zero-order valence-electron chi connectivity index (χ0n) is 14.7. The van der Waals surface area contributed by atoms with Crippen molar-refractivity contribution < 1.29 is 4.79 Å². The molecule has 0 aliphatic rings. The summed E-state index contributed by atoms with van der Waals surface area (Å²) in [6.45, 7) is 0. The molecule has 7 heteroatoms. The minimum Gasteiger partial charge on any atom is -0.326 e. The average Bonchev–Trinajstić information content (AvgIpc) is 2.67. The van der Waals surface area contributed by atoms with Crippen LogP contribution in [0.3, 0.4) is 0 Å². The van der Waals surface area contributed by atoms with Gasteiger partial charge in [0, 0.05) is 33.5 Å². The first-order valence-electron chi connectivity index (χ1n) is 8.40. The average molecular weight is 428 g/mol. The second-order valence-corrected chi connectivity index (χ2v) is 7.79. The van der Waals surface area contributed by atoms with Crippen molar-refractivity contribution in [2.75, 3.05) is 11.1 Å². The molecule has 1 heterocycles. The summed E-state index contributed by atoms with van der Waals surface area (Å²) in [6, 6.07) is 20.4. The Morgan fingerprint density at radius 3 is 2.46 bits per heavy atom. The number of nitrogens with zero attached hydrogens (tertiary/aromatic N) is 2. The van der Waals surface area contributed by atoms with Gasteiger partial charge in [-0.05, 0) is 30.3 Å². The molecule has 2 aromatic carbocycles. The summed E-state index contributed by atoms with van der Waals surface area (Å²) in [5.41, 5.74) is 2.81. The number of hydrogen-bond acceptors (Lipinski definition) is 4. The number of rotatable bonds is 6. The smallest absolute Gasteiger partial charge is 0.225 e. The predicted octanol–water partition coefficient (Wildman–Crippen LogP) is 6.05. The molecular formula is C21H15Cl2N3OS. The molecule has 0 fully saturated rings. The van der Waals surface area contributed by atoms with E-state index in [4.69, 9.17) is 23.2 Å². The van der Waals surface area contributed by atoms with Crippen molar-refractivity contribution in [3.8, 4) is 17.3 Å². The van der Waals surface area contributed by atoms with E-state index in [1.165, 1.54) is 11.8 Å². The van der Waals surface area contributed by atoms with Crippen LogP contribution in [0.25, 0.3) is 11.3 Å². The molecule has 3 aromatic rings. The van der Waals surface area contributed by atoms with Crippen molar-refractivity contribution in [2.45, 2.75) is 11.4 Å². The number of amides is 1. The van der Waals surface area contributed by atoms with Crippen LogP contribution < -0.4 is 5.32 Å². The molecule has 0 bridgehead atoms. The van der Waals surface area contributed by atoms with Gasteiger partial charge in [-0.2, -0.15) is 5.26 Å². The molecule has 0 saturated heterocycles. The van der Waals surface area contributed by atoms with Crippen molar-refractivity contribution >= 4 is 46.6 Å². The van der Waals surface area contributed by atoms with E-state index < -0.39 is 0 Å². The quantitative estimate of drug-likeness (QED) is 0.486. The van der Waals surface area contributed by atoms with Crippen molar-refractivity contribution in [2.24, 2.45) is 0 Å². The summed E-state index contributed by atoms with van der Waals surface area (Å²) in [4.78, 5) is 16.8. The third-order valence-corrected chi connectivity index (χ3v) is 5.19. The predicted molar refractivity (Wildman–Crippen MR) is 115 cm³/mol. The zero-order valence-corrected chi connectivity index (χ0v) is 17.0. The molecule has 0 saturated carbocycles. The van der Waals surface area contributed by atoms with E-state index in [-0.39, 0.29) is 12.3 Å². The topological polar surface area (TPSA) is 65.8 Å². The molecule has 4 nitrogen and oxygen atoms in total. The Kier molecular flexibility index (Phi) is 6.94. The summed E-state index contributed by atoms with van der Waals surface area (Å²) >= 11 is 13.3. The number of aromatic nitrogens is 1. The van der Waals surface area contributed by atoms with Gasteiger partial charge in [-0.25, -0.2) is 4.98 Å². The zero-order chi connectivity index (χ0) is 19.9. The molecule has 3 rings (SSSR count). The Hall–Kier alpha value is -2.52. The molecule has 0 spiro atoms. The number of hydrogen-bond donors (Lipinski definition) is 1. The molecule has 0 radical (unpaired) electrons. The summed E-state index contributed by atoms with van der Waals surface area (Å²) in [5, 5.41) is 13.6. The standard InChI is InChI=1S/C21H15Cl2N3OS/c22-16-10-17(23)12-18(11-16)25-20(27)8-9-28-21-15(13-24)6-7-19(26-21)14-4-2-1-3-5-14/h1-7,10-12H,8-9H2,(H,25,27). The van der Waals surface area contributed by atoms with Gasteiger partial charge >= 0.3 is 0 Å². The van der Waals surface area contributed by atoms with Crippen LogP contribution in [0.5, 0.6) is 0 Å². The van der Waals surface area contributed by atoms with Gasteiger partial charge in [0.2, 0.25) is 5.91 Å². The molecule has 1 aromatic heterocycles. The fraction of sp³-hybridized carbons (Fsp3) is 0.0952. The summed E-state index contributed by atoms with van der Waals surface area (Å²) in [5.74, 6) is 0.323. The number of carbonyl (C=O) groups is 1. The highest BCUT2D eigenvalue weighted by atomic mass is 35.5. The molecule has 140 valence electrons. The lowest BCUT2D eigenvalue weighted by molar-refractivity contribution is -0.115. The largest absolute Gasteiger partial charge is 0.326 e. The fourth-order valence-electron chi connectivity index (χ4n) is 2.50. The monoisotopic (exact) mass is 427 g/mol. The van der Waals surface area contributed by atoms with Crippen LogP contribution in [0.2, 0.25) is 10.0 Å². The first-order valence-corrected chi connectivity index (χ1v) is 10.1. The van der Waals surface area contributed by atoms with Gasteiger partial charge in [-0.15, -0.1) is 11.8 Å². The minimum atomic E-state index is -0.163. The summed E-state index contributed by atoms with van der Waals surface area (Å²) in [6.07, 6.45) is 0.261. The Balaban J connectivity index is 1.63. The molecule has 0 aliphatic heterocycles. The lowest BCUT2D eigenvalue weighted by atomic mass is 10.1. The first kappa shape index (κ1) is 20.2. The SMILES string of the molecule is N#Cc1ccc(-c2ccccc2)nc1SCCC(=O)Nc1cc(Cl)cc(Cl)c1. The van der Waals surface area contributed by atoms with Gasteiger partial charge in [0.15, 0.2) is 0 Å². The van der Waals surface area contributed by atoms with E-state index in [2.05, 4.69) is 16.4 Å². The van der Waals surface area contributed by atoms with E-state index in [9.17, 15) is 10.1 Å². The minimum absolute atomic E-state index is 0.163. The van der Waals surface area contributed by atoms with Crippen LogP contribution in [0.15, 0.2) is 65.7 Å². The maximum atomic E-state index is 12.2. The van der Waals surface area contributed by atoms with E-state index in [1.54, 1.807) is 24.3 Å². The maximum absolute atomic E-state index is 12.2. The van der Waals surface area contributed by atoms with Crippen molar-refractivity contribution in [1.82, 2.24) is 4.98 Å². The van der Waals surface area contributed by atoms with Gasteiger partial charge in [-0.3, -0.25) is 4.79 Å². The summed E-state index contributed by atoms with van der Waals surface area (Å²) in [7, 11) is 0. The second-order valence-electron chi connectivity index (χ2n) is 5.83. The molecule has 1 N–H and O–H groups in total. The van der Waals surface area contributed by atoms with Crippen molar-refractivity contribution in [3.05, 3.63) is 76.3 Å². The van der Waals surface area contributed by atoms with Crippen molar-refractivity contribution in [3.63, 3.8) is 0 Å².